The number of aromatic nitrogens is 2. The molecule has 0 aliphatic carbocycles. The van der Waals surface area contributed by atoms with Crippen molar-refractivity contribution in [1.82, 2.24) is 9.78 Å². The SMILES string of the molecule is CC=CCn1[nH]c(C)c(C(=O)c2ccc(Cl)cc2Cl)c1=O. The van der Waals surface area contributed by atoms with E-state index in [0.29, 0.717) is 17.3 Å². The third-order valence-corrected chi connectivity index (χ3v) is 3.61. The minimum Gasteiger partial charge on any atom is -0.299 e. The number of H-pyrrole nitrogens is 1. The highest BCUT2D eigenvalue weighted by Crippen LogP contribution is 2.23. The average Bonchev–Trinajstić information content (AvgIpc) is 2.70. The Bertz CT molecular complexity index is 772. The molecule has 0 bridgehead atoms. The van der Waals surface area contributed by atoms with Crippen molar-refractivity contribution in [2.45, 2.75) is 20.4 Å². The number of ketones is 1. The number of nitrogens with one attached hydrogen (secondary N) is 1. The van der Waals surface area contributed by atoms with Gasteiger partial charge in [0.05, 0.1) is 11.6 Å². The molecular formula is C15H14Cl2N2O2. The monoisotopic (exact) mass is 324 g/mol. The Morgan fingerprint density at radius 2 is 2.10 bits per heavy atom. The second-order valence-corrected chi connectivity index (χ2v) is 5.39. The fourth-order valence-electron chi connectivity index (χ4n) is 2.02. The van der Waals surface area contributed by atoms with E-state index in [2.05, 4.69) is 5.10 Å². The highest BCUT2D eigenvalue weighted by atomic mass is 35.5. The first-order chi connectivity index (χ1) is 9.95. The second-order valence-electron chi connectivity index (χ2n) is 4.55. The molecule has 21 heavy (non-hydrogen) atoms. The molecule has 0 radical (unpaired) electrons. The Kier molecular flexibility index (Phi) is 4.70. The first kappa shape index (κ1) is 15.6. The summed E-state index contributed by atoms with van der Waals surface area (Å²) in [6.07, 6.45) is 3.65. The summed E-state index contributed by atoms with van der Waals surface area (Å²) in [5.41, 5.74) is 0.518. The van der Waals surface area contributed by atoms with Crippen LogP contribution in [-0.2, 0) is 6.54 Å². The van der Waals surface area contributed by atoms with Gasteiger partial charge in [-0.05, 0) is 32.0 Å². The molecule has 0 unspecified atom stereocenters. The van der Waals surface area contributed by atoms with Gasteiger partial charge in [-0.1, -0.05) is 35.4 Å². The molecule has 1 aromatic heterocycles. The van der Waals surface area contributed by atoms with Crippen LogP contribution in [0.15, 0.2) is 35.1 Å². The van der Waals surface area contributed by atoms with E-state index in [9.17, 15) is 9.59 Å². The fourth-order valence-corrected chi connectivity index (χ4v) is 2.51. The van der Waals surface area contributed by atoms with E-state index >= 15 is 0 Å². The van der Waals surface area contributed by atoms with Gasteiger partial charge in [0.1, 0.15) is 5.56 Å². The zero-order chi connectivity index (χ0) is 15.6. The van der Waals surface area contributed by atoms with E-state index in [1.165, 1.54) is 16.8 Å². The molecule has 1 heterocycles. The van der Waals surface area contributed by atoms with Crippen molar-refractivity contribution in [3.63, 3.8) is 0 Å². The van der Waals surface area contributed by atoms with E-state index in [-0.39, 0.29) is 21.7 Å². The molecule has 1 aromatic carbocycles. The Morgan fingerprint density at radius 3 is 2.71 bits per heavy atom. The summed E-state index contributed by atoms with van der Waals surface area (Å²) in [6, 6.07) is 4.58. The lowest BCUT2D eigenvalue weighted by atomic mass is 10.0. The molecule has 6 heteroatoms. The van der Waals surface area contributed by atoms with Gasteiger partial charge in [0.25, 0.3) is 5.56 Å². The topological polar surface area (TPSA) is 54.9 Å². The summed E-state index contributed by atoms with van der Waals surface area (Å²) in [5, 5.41) is 3.56. The second kappa shape index (κ2) is 6.33. The Hall–Kier alpha value is -1.78. The summed E-state index contributed by atoms with van der Waals surface area (Å²) in [4.78, 5) is 24.8. The molecule has 0 aliphatic rings. The molecule has 0 saturated carbocycles. The highest BCUT2D eigenvalue weighted by molar-refractivity contribution is 6.37. The maximum absolute atomic E-state index is 12.5. The van der Waals surface area contributed by atoms with Crippen LogP contribution in [0.3, 0.4) is 0 Å². The van der Waals surface area contributed by atoms with Gasteiger partial charge in [-0.2, -0.15) is 0 Å². The Labute approximate surface area is 132 Å². The molecule has 0 aliphatic heterocycles. The molecule has 0 fully saturated rings. The number of rotatable bonds is 4. The van der Waals surface area contributed by atoms with E-state index in [1.54, 1.807) is 13.0 Å². The third kappa shape index (κ3) is 3.12. The number of carbonyl (C=O) groups excluding carboxylic acids is 1. The van der Waals surface area contributed by atoms with Gasteiger partial charge in [-0.3, -0.25) is 14.7 Å². The molecule has 110 valence electrons. The number of nitrogens with zero attached hydrogens (tertiary/aromatic N) is 1. The highest BCUT2D eigenvalue weighted by Gasteiger charge is 2.21. The Balaban J connectivity index is 2.49. The van der Waals surface area contributed by atoms with E-state index < -0.39 is 5.78 Å². The zero-order valence-electron chi connectivity index (χ0n) is 11.6. The summed E-state index contributed by atoms with van der Waals surface area (Å²) >= 11 is 11.9. The van der Waals surface area contributed by atoms with Gasteiger partial charge >= 0.3 is 0 Å². The molecule has 0 amide bonds. The smallest absolute Gasteiger partial charge is 0.278 e. The number of allylic oxidation sites excluding steroid dienone is 2. The van der Waals surface area contributed by atoms with Gasteiger partial charge in [-0.25, -0.2) is 4.68 Å². The quantitative estimate of drug-likeness (QED) is 0.690. The number of benzene rings is 1. The average molecular weight is 325 g/mol. The van der Waals surface area contributed by atoms with Gasteiger partial charge in [-0.15, -0.1) is 0 Å². The van der Waals surface area contributed by atoms with Crippen LogP contribution in [0.25, 0.3) is 0 Å². The molecule has 4 nitrogen and oxygen atoms in total. The van der Waals surface area contributed by atoms with Crippen LogP contribution < -0.4 is 5.56 Å². The number of aryl methyl sites for hydroxylation is 1. The van der Waals surface area contributed by atoms with E-state index in [0.717, 1.165) is 0 Å². The minimum absolute atomic E-state index is 0.101. The zero-order valence-corrected chi connectivity index (χ0v) is 13.1. The van der Waals surface area contributed by atoms with Crippen LogP contribution >= 0.6 is 23.2 Å². The standard InChI is InChI=1S/C15H14Cl2N2O2/c1-3-4-7-19-15(21)13(9(2)18-19)14(20)11-6-5-10(16)8-12(11)17/h3-6,8,18H,7H2,1-2H3. The molecule has 0 atom stereocenters. The van der Waals surface area contributed by atoms with Gasteiger partial charge < -0.3 is 0 Å². The van der Waals surface area contributed by atoms with E-state index in [1.807, 2.05) is 19.1 Å². The molecule has 1 N–H and O–H groups in total. The third-order valence-electron chi connectivity index (χ3n) is 3.06. The van der Waals surface area contributed by atoms with Crippen molar-refractivity contribution >= 4 is 29.0 Å². The minimum atomic E-state index is -0.408. The van der Waals surface area contributed by atoms with Crippen LogP contribution in [0.4, 0.5) is 0 Å². The van der Waals surface area contributed by atoms with E-state index in [4.69, 9.17) is 23.2 Å². The molecule has 0 saturated heterocycles. The van der Waals surface area contributed by atoms with Crippen molar-refractivity contribution in [3.8, 4) is 0 Å². The van der Waals surface area contributed by atoms with Gasteiger partial charge in [0.2, 0.25) is 5.78 Å². The summed E-state index contributed by atoms with van der Waals surface area (Å²) in [7, 11) is 0. The van der Waals surface area contributed by atoms with Gasteiger partial charge in [0, 0.05) is 16.3 Å². The predicted octanol–water partition coefficient (Wildman–Crippen LogP) is 3.60. The number of halogens is 2. The van der Waals surface area contributed by atoms with Crippen molar-refractivity contribution < 1.29 is 4.79 Å². The number of hydrogen-bond donors (Lipinski definition) is 1. The van der Waals surface area contributed by atoms with Crippen LogP contribution in [-0.4, -0.2) is 15.6 Å². The van der Waals surface area contributed by atoms with Crippen molar-refractivity contribution in [2.24, 2.45) is 0 Å². The molecule has 2 aromatic rings. The number of carbonyl (C=O) groups is 1. The summed E-state index contributed by atoms with van der Waals surface area (Å²) in [5.74, 6) is -0.408. The Morgan fingerprint density at radius 1 is 1.38 bits per heavy atom. The lowest BCUT2D eigenvalue weighted by Crippen LogP contribution is -2.21. The maximum Gasteiger partial charge on any atom is 0.278 e. The lowest BCUT2D eigenvalue weighted by molar-refractivity contribution is 0.103. The van der Waals surface area contributed by atoms with Crippen LogP contribution in [0.5, 0.6) is 0 Å². The number of aromatic amines is 1. The summed E-state index contributed by atoms with van der Waals surface area (Å²) in [6.45, 7) is 3.93. The molecule has 2 rings (SSSR count). The molecular weight excluding hydrogens is 311 g/mol. The number of hydrogen-bond acceptors (Lipinski definition) is 2. The predicted molar refractivity (Wildman–Crippen MR) is 84.5 cm³/mol. The first-order valence-corrected chi connectivity index (χ1v) is 7.11. The maximum atomic E-state index is 12.5. The van der Waals surface area contributed by atoms with Crippen molar-refractivity contribution in [2.75, 3.05) is 0 Å². The fraction of sp³-hybridized carbons (Fsp3) is 0.200. The first-order valence-electron chi connectivity index (χ1n) is 6.36. The normalized spacial score (nSPS) is 11.2. The largest absolute Gasteiger partial charge is 0.299 e. The van der Waals surface area contributed by atoms with Crippen molar-refractivity contribution in [1.29, 1.82) is 0 Å². The van der Waals surface area contributed by atoms with Crippen LogP contribution in [0.1, 0.15) is 28.5 Å². The van der Waals surface area contributed by atoms with Crippen molar-refractivity contribution in [3.05, 3.63) is 67.6 Å². The van der Waals surface area contributed by atoms with Crippen LogP contribution in [0, 0.1) is 6.92 Å². The lowest BCUT2D eigenvalue weighted by Gasteiger charge is -2.02. The van der Waals surface area contributed by atoms with Gasteiger partial charge in [0.15, 0.2) is 0 Å². The molecule has 0 spiro atoms. The van der Waals surface area contributed by atoms with Crippen LogP contribution in [0.2, 0.25) is 10.0 Å². The summed E-state index contributed by atoms with van der Waals surface area (Å²) < 4.78 is 1.38.